The van der Waals surface area contributed by atoms with E-state index in [0.29, 0.717) is 0 Å². The Hall–Kier alpha value is -3.41. The van der Waals surface area contributed by atoms with Crippen LogP contribution in [0.25, 0.3) is 5.59 Å². The first kappa shape index (κ1) is 31.6. The average Bonchev–Trinajstić information content (AvgIpc) is 3.51. The second kappa shape index (κ2) is 22.4. The predicted molar refractivity (Wildman–Crippen MR) is 146 cm³/mol. The summed E-state index contributed by atoms with van der Waals surface area (Å²) in [5.41, 5.74) is 5.75. The molecule has 0 heterocycles. The molecule has 0 saturated heterocycles. The van der Waals surface area contributed by atoms with Gasteiger partial charge in [-0.1, -0.05) is 123 Å². The van der Waals surface area contributed by atoms with Crippen LogP contribution in [-0.4, -0.2) is 0 Å². The summed E-state index contributed by atoms with van der Waals surface area (Å²) in [5.74, 6) is 13.0. The molecule has 2 nitrogen and oxygen atoms in total. The monoisotopic (exact) mass is 646 g/mol. The quantitative estimate of drug-likeness (QED) is 0.198. The van der Waals surface area contributed by atoms with Crippen LogP contribution < -0.4 is 15.9 Å². The third kappa shape index (κ3) is 13.8. The number of hydrogen-bond acceptors (Lipinski definition) is 1. The standard InChI is InChI=1S/C18H15P.C8H.C5H10.NO.Re/c1-4-10-16(11-5-1)19(17-12-6-2-7-13-17)18-14-8-3-9-15-18;1-3-5-7-8-6-4-2;1-2-4-5-3-1;1-2;/h1-15H;1H;1-5H2;;/q;-1;;-1;. The molecule has 4 rings (SSSR count). The summed E-state index contributed by atoms with van der Waals surface area (Å²) in [6, 6.07) is 32.3. The molecule has 35 heavy (non-hydrogen) atoms. The van der Waals surface area contributed by atoms with E-state index in [1.807, 2.05) is 5.92 Å². The summed E-state index contributed by atoms with van der Waals surface area (Å²) in [7, 11) is -0.446. The minimum absolute atomic E-state index is 0. The molecule has 1 aliphatic rings. The van der Waals surface area contributed by atoms with Crippen molar-refractivity contribution in [1.29, 1.82) is 0 Å². The number of rotatable bonds is 3. The van der Waals surface area contributed by atoms with Gasteiger partial charge >= 0.3 is 0 Å². The summed E-state index contributed by atoms with van der Waals surface area (Å²) in [6.45, 7) is 0. The SMILES string of the molecule is C1CCCC1.[C-]#CC#CC#CC#C.[N-]=O.[Re].c1ccc(P(c2ccccc2)c2ccccc2)cc1. The summed E-state index contributed by atoms with van der Waals surface area (Å²) >= 11 is 0. The van der Waals surface area contributed by atoms with E-state index in [-0.39, 0.29) is 20.4 Å². The molecule has 0 atom stereocenters. The van der Waals surface area contributed by atoms with Crippen LogP contribution in [-0.2, 0) is 20.4 Å². The van der Waals surface area contributed by atoms with Gasteiger partial charge in [-0.15, -0.1) is 12.3 Å². The topological polar surface area (TPSA) is 39.4 Å². The van der Waals surface area contributed by atoms with Crippen molar-refractivity contribution in [3.05, 3.63) is 108 Å². The maximum atomic E-state index is 7.25. The van der Waals surface area contributed by atoms with Crippen LogP contribution in [0, 0.1) is 53.3 Å². The van der Waals surface area contributed by atoms with Gasteiger partial charge in [0.05, 0.1) is 0 Å². The molecule has 175 valence electrons. The Labute approximate surface area is 225 Å². The Morgan fingerprint density at radius 3 is 1.20 bits per heavy atom. The van der Waals surface area contributed by atoms with Crippen LogP contribution in [0.1, 0.15) is 32.1 Å². The molecule has 1 radical (unpaired) electrons. The third-order valence-corrected chi connectivity index (χ3v) is 7.06. The van der Waals surface area contributed by atoms with Gasteiger partial charge in [0.2, 0.25) is 0 Å². The normalized spacial score (nSPS) is 10.0. The van der Waals surface area contributed by atoms with E-state index in [1.54, 1.807) is 0 Å². The molecule has 0 aromatic heterocycles. The van der Waals surface area contributed by atoms with Crippen LogP contribution in [0.5, 0.6) is 0 Å². The van der Waals surface area contributed by atoms with Crippen LogP contribution in [0.4, 0.5) is 0 Å². The first-order chi connectivity index (χ1) is 16.9. The molecule has 1 aliphatic carbocycles. The minimum atomic E-state index is -0.446. The number of nitrogens with zero attached hydrogens (tertiary/aromatic N) is 1. The van der Waals surface area contributed by atoms with Crippen molar-refractivity contribution in [3.8, 4) is 41.9 Å². The van der Waals surface area contributed by atoms with E-state index >= 15 is 0 Å². The average molecular weight is 646 g/mol. The summed E-state index contributed by atoms with van der Waals surface area (Å²) in [4.78, 5) is 7.25. The summed E-state index contributed by atoms with van der Waals surface area (Å²) < 4.78 is 0. The zero-order valence-electron chi connectivity index (χ0n) is 19.5. The number of terminal acetylenes is 1. The van der Waals surface area contributed by atoms with Crippen LogP contribution in [0.15, 0.2) is 91.0 Å². The third-order valence-electron chi connectivity index (χ3n) is 4.62. The van der Waals surface area contributed by atoms with Crippen LogP contribution in [0.3, 0.4) is 0 Å². The number of hydrogen-bond donors (Lipinski definition) is 0. The first-order valence-electron chi connectivity index (χ1n) is 10.9. The van der Waals surface area contributed by atoms with E-state index in [2.05, 4.69) is 121 Å². The van der Waals surface area contributed by atoms with Crippen molar-refractivity contribution < 1.29 is 20.4 Å². The second-order valence-corrected chi connectivity index (χ2v) is 9.10. The smallest absolute Gasteiger partial charge is 0 e. The van der Waals surface area contributed by atoms with Crippen molar-refractivity contribution in [1.82, 2.24) is 0 Å². The predicted octanol–water partition coefficient (Wildman–Crippen LogP) is 5.93. The maximum Gasteiger partial charge on any atom is 0 e. The summed E-state index contributed by atoms with van der Waals surface area (Å²) in [5, 5.41) is 4.19. The van der Waals surface area contributed by atoms with Gasteiger partial charge in [0, 0.05) is 20.4 Å². The molecule has 0 bridgehead atoms. The zero-order chi connectivity index (χ0) is 24.7. The molecule has 0 aliphatic heterocycles. The van der Waals surface area contributed by atoms with E-state index in [4.69, 9.17) is 23.3 Å². The Bertz CT molecular complexity index is 1010. The van der Waals surface area contributed by atoms with Gasteiger partial charge in [-0.3, -0.25) is 5.92 Å². The molecule has 4 heteroatoms. The molecule has 3 aromatic carbocycles. The fraction of sp³-hybridized carbons (Fsp3) is 0.161. The van der Waals surface area contributed by atoms with Gasteiger partial charge in [-0.05, 0) is 41.6 Å². The fourth-order valence-electron chi connectivity index (χ4n) is 3.19. The molecular formula is C31H26NOPRe-2. The maximum absolute atomic E-state index is 7.25. The molecule has 0 amide bonds. The van der Waals surface area contributed by atoms with Crippen molar-refractivity contribution in [3.63, 3.8) is 0 Å². The van der Waals surface area contributed by atoms with Crippen LogP contribution in [0.2, 0.25) is 0 Å². The van der Waals surface area contributed by atoms with Crippen molar-refractivity contribution >= 4 is 23.8 Å². The van der Waals surface area contributed by atoms with Gasteiger partial charge in [0.15, 0.2) is 0 Å². The fourth-order valence-corrected chi connectivity index (χ4v) is 5.50. The first-order valence-corrected chi connectivity index (χ1v) is 12.2. The Balaban J connectivity index is 0.000000601. The molecule has 0 unspecified atom stereocenters. The Kier molecular flexibility index (Phi) is 20.2. The van der Waals surface area contributed by atoms with Crippen molar-refractivity contribution in [2.75, 3.05) is 0 Å². The van der Waals surface area contributed by atoms with Gasteiger partial charge in [-0.25, -0.2) is 5.92 Å². The zero-order valence-corrected chi connectivity index (χ0v) is 23.1. The summed E-state index contributed by atoms with van der Waals surface area (Å²) in [6.07, 6.45) is 18.5. The van der Waals surface area contributed by atoms with E-state index < -0.39 is 7.92 Å². The molecule has 3 aromatic rings. The molecule has 1 saturated carbocycles. The van der Waals surface area contributed by atoms with E-state index in [9.17, 15) is 0 Å². The van der Waals surface area contributed by atoms with Gasteiger partial charge in [0.1, 0.15) is 0 Å². The molecule has 0 spiro atoms. The van der Waals surface area contributed by atoms with E-state index in [1.165, 1.54) is 48.0 Å². The van der Waals surface area contributed by atoms with Gasteiger partial charge < -0.3 is 16.9 Å². The molecule has 1 fully saturated rings. The second-order valence-electron chi connectivity index (χ2n) is 6.88. The minimum Gasteiger partial charge on any atom is -0.577 e. The van der Waals surface area contributed by atoms with Gasteiger partial charge in [-0.2, -0.15) is 0 Å². The largest absolute Gasteiger partial charge is 0.577 e. The van der Waals surface area contributed by atoms with Gasteiger partial charge in [0.25, 0.3) is 0 Å². The number of nitroso groups, excluding NO2 is 1. The van der Waals surface area contributed by atoms with Crippen molar-refractivity contribution in [2.24, 2.45) is 0 Å². The van der Waals surface area contributed by atoms with Crippen LogP contribution >= 0.6 is 7.92 Å². The number of benzene rings is 3. The molecule has 0 N–H and O–H groups in total. The van der Waals surface area contributed by atoms with E-state index in [0.717, 1.165) is 0 Å². The van der Waals surface area contributed by atoms with Crippen molar-refractivity contribution in [2.45, 2.75) is 32.1 Å². The Morgan fingerprint density at radius 2 is 0.914 bits per heavy atom. The Morgan fingerprint density at radius 1 is 0.600 bits per heavy atom. The molecular weight excluding hydrogens is 620 g/mol.